The lowest BCUT2D eigenvalue weighted by Crippen LogP contribution is -2.28. The van der Waals surface area contributed by atoms with Crippen LogP contribution >= 0.6 is 0 Å². The van der Waals surface area contributed by atoms with Gasteiger partial charge in [0.1, 0.15) is 23.5 Å². The van der Waals surface area contributed by atoms with Crippen LogP contribution in [0.15, 0.2) is 43.2 Å². The summed E-state index contributed by atoms with van der Waals surface area (Å²) in [5.41, 5.74) is 3.00. The van der Waals surface area contributed by atoms with Gasteiger partial charge in [0.15, 0.2) is 5.65 Å². The average Bonchev–Trinajstić information content (AvgIpc) is 3.02. The summed E-state index contributed by atoms with van der Waals surface area (Å²) in [6, 6.07) is 6.35. The molecule has 0 spiro atoms. The Morgan fingerprint density at radius 2 is 2.20 bits per heavy atom. The van der Waals surface area contributed by atoms with Crippen LogP contribution in [0.1, 0.15) is 18.1 Å². The lowest BCUT2D eigenvalue weighted by molar-refractivity contribution is 0.221. The molecule has 7 heteroatoms. The monoisotopic (exact) mass is 339 g/mol. The summed E-state index contributed by atoms with van der Waals surface area (Å²) in [6.07, 6.45) is 3.44. The summed E-state index contributed by atoms with van der Waals surface area (Å²) in [5, 5.41) is 10.8. The van der Waals surface area contributed by atoms with E-state index in [-0.39, 0.29) is 11.9 Å². The number of rotatable bonds is 0. The van der Waals surface area contributed by atoms with Crippen LogP contribution in [0.25, 0.3) is 11.3 Å². The average molecular weight is 339 g/mol. The molecule has 0 fully saturated rings. The van der Waals surface area contributed by atoms with Crippen molar-refractivity contribution in [1.82, 2.24) is 19.9 Å². The van der Waals surface area contributed by atoms with Gasteiger partial charge >= 0.3 is 0 Å². The van der Waals surface area contributed by atoms with Crippen molar-refractivity contribution < 1.29 is 9.13 Å². The van der Waals surface area contributed by atoms with Crippen LogP contribution in [0.5, 0.6) is 5.75 Å². The van der Waals surface area contributed by atoms with E-state index in [1.54, 1.807) is 16.8 Å². The van der Waals surface area contributed by atoms with Crippen molar-refractivity contribution >= 4 is 17.2 Å². The molecule has 6 nitrogen and oxygen atoms in total. The first-order valence-corrected chi connectivity index (χ1v) is 8.06. The lowest BCUT2D eigenvalue weighted by Gasteiger charge is -2.19. The van der Waals surface area contributed by atoms with E-state index in [1.165, 1.54) is 12.1 Å². The van der Waals surface area contributed by atoms with Crippen molar-refractivity contribution in [2.24, 2.45) is 0 Å². The van der Waals surface area contributed by atoms with Crippen molar-refractivity contribution in [2.45, 2.75) is 19.6 Å². The highest BCUT2D eigenvalue weighted by molar-refractivity contribution is 5.73. The third kappa shape index (κ3) is 3.00. The Morgan fingerprint density at radius 3 is 3.08 bits per heavy atom. The highest BCUT2D eigenvalue weighted by atomic mass is 19.1. The fourth-order valence-electron chi connectivity index (χ4n) is 2.79. The van der Waals surface area contributed by atoms with E-state index >= 15 is 0 Å². The van der Waals surface area contributed by atoms with Crippen molar-refractivity contribution in [3.05, 3.63) is 60.2 Å². The van der Waals surface area contributed by atoms with Crippen molar-refractivity contribution in [3.63, 3.8) is 0 Å². The molecule has 3 aromatic rings. The number of hydrogen-bond acceptors (Lipinski definition) is 5. The molecule has 0 aliphatic carbocycles. The molecule has 2 N–H and O–H groups in total. The first-order chi connectivity index (χ1) is 12.1. The Hall–Kier alpha value is -3.09. The Morgan fingerprint density at radius 1 is 1.32 bits per heavy atom. The molecule has 1 aromatic carbocycles. The molecule has 1 aliphatic heterocycles. The molecule has 1 aliphatic rings. The summed E-state index contributed by atoms with van der Waals surface area (Å²) in [6.45, 7) is 6.99. The van der Waals surface area contributed by atoms with Crippen LogP contribution in [-0.4, -0.2) is 27.2 Å². The largest absolute Gasteiger partial charge is 0.489 e. The molecule has 0 amide bonds. The Balaban J connectivity index is 1.77. The van der Waals surface area contributed by atoms with E-state index in [0.29, 0.717) is 30.3 Å². The molecule has 1 atom stereocenters. The van der Waals surface area contributed by atoms with Gasteiger partial charge < -0.3 is 15.4 Å². The van der Waals surface area contributed by atoms with Crippen LogP contribution in [0.3, 0.4) is 0 Å². The minimum Gasteiger partial charge on any atom is -0.489 e. The van der Waals surface area contributed by atoms with E-state index in [2.05, 4.69) is 27.3 Å². The molecule has 0 saturated heterocycles. The number of hydrogen-bond donors (Lipinski definition) is 2. The zero-order valence-electron chi connectivity index (χ0n) is 13.8. The fraction of sp³-hybridized carbons (Fsp3) is 0.222. The van der Waals surface area contributed by atoms with Gasteiger partial charge in [-0.05, 0) is 31.2 Å². The van der Waals surface area contributed by atoms with Gasteiger partial charge in [0.2, 0.25) is 0 Å². The van der Waals surface area contributed by atoms with Gasteiger partial charge in [-0.2, -0.15) is 5.10 Å². The summed E-state index contributed by atoms with van der Waals surface area (Å²) in [4.78, 5) is 4.60. The van der Waals surface area contributed by atoms with Gasteiger partial charge in [-0.25, -0.2) is 13.9 Å². The Kier molecular flexibility index (Phi) is 3.76. The molecule has 0 unspecified atom stereocenters. The smallest absolute Gasteiger partial charge is 0.166 e. The lowest BCUT2D eigenvalue weighted by atomic mass is 10.2. The molecule has 4 rings (SSSR count). The van der Waals surface area contributed by atoms with Gasteiger partial charge in [-0.3, -0.25) is 0 Å². The van der Waals surface area contributed by atoms with Gasteiger partial charge in [0.25, 0.3) is 0 Å². The highest BCUT2D eigenvalue weighted by Gasteiger charge is 2.15. The molecule has 3 heterocycles. The van der Waals surface area contributed by atoms with Crippen molar-refractivity contribution in [1.29, 1.82) is 0 Å². The normalized spacial score (nSPS) is 17.5. The Bertz CT molecular complexity index is 952. The number of benzene rings is 1. The second-order valence-corrected chi connectivity index (χ2v) is 6.03. The van der Waals surface area contributed by atoms with Crippen LogP contribution in [0.4, 0.5) is 10.2 Å². The maximum atomic E-state index is 13.7. The number of fused-ring (bicyclic) bond motifs is 2. The van der Waals surface area contributed by atoms with E-state index in [1.807, 2.05) is 19.2 Å². The number of nitrogens with zero attached hydrogens (tertiary/aromatic N) is 3. The minimum atomic E-state index is -0.297. The van der Waals surface area contributed by atoms with Gasteiger partial charge in [0.05, 0.1) is 18.3 Å². The number of ether oxygens (including phenoxy) is 1. The molecular weight excluding hydrogens is 321 g/mol. The second kappa shape index (κ2) is 6.08. The SMILES string of the molecule is C=C1NC[C@@H](C)Oc2ccc(F)cc2CNc2ccn3ncc1c3n2. The predicted octanol–water partition coefficient (Wildman–Crippen LogP) is 2.82. The zero-order chi connectivity index (χ0) is 17.4. The van der Waals surface area contributed by atoms with Gasteiger partial charge in [-0.15, -0.1) is 0 Å². The van der Waals surface area contributed by atoms with Crippen molar-refractivity contribution in [2.75, 3.05) is 11.9 Å². The summed E-state index contributed by atoms with van der Waals surface area (Å²) in [5.74, 6) is 1.02. The summed E-state index contributed by atoms with van der Waals surface area (Å²) >= 11 is 0. The summed E-state index contributed by atoms with van der Waals surface area (Å²) in [7, 11) is 0. The number of halogens is 1. The van der Waals surface area contributed by atoms with Gasteiger partial charge in [0, 0.05) is 24.0 Å². The molecule has 25 heavy (non-hydrogen) atoms. The van der Waals surface area contributed by atoms with E-state index in [4.69, 9.17) is 4.74 Å². The quantitative estimate of drug-likeness (QED) is 0.659. The molecule has 2 aromatic heterocycles. The zero-order valence-corrected chi connectivity index (χ0v) is 13.8. The maximum absolute atomic E-state index is 13.7. The third-order valence-corrected chi connectivity index (χ3v) is 4.11. The van der Waals surface area contributed by atoms with E-state index in [9.17, 15) is 4.39 Å². The highest BCUT2D eigenvalue weighted by Crippen LogP contribution is 2.24. The van der Waals surface area contributed by atoms with Crippen molar-refractivity contribution in [3.8, 4) is 5.75 Å². The minimum absolute atomic E-state index is 0.121. The van der Waals surface area contributed by atoms with Crippen LogP contribution in [0, 0.1) is 5.82 Å². The maximum Gasteiger partial charge on any atom is 0.166 e. The Labute approximate surface area is 144 Å². The molecule has 0 saturated carbocycles. The van der Waals surface area contributed by atoms with Gasteiger partial charge in [-0.1, -0.05) is 6.58 Å². The van der Waals surface area contributed by atoms with Crippen LogP contribution in [0.2, 0.25) is 0 Å². The second-order valence-electron chi connectivity index (χ2n) is 6.03. The number of anilines is 1. The first kappa shape index (κ1) is 15.4. The van der Waals surface area contributed by atoms with Crippen LogP contribution < -0.4 is 15.4 Å². The fourth-order valence-corrected chi connectivity index (χ4v) is 2.79. The topological polar surface area (TPSA) is 63.5 Å². The predicted molar refractivity (Wildman–Crippen MR) is 93.8 cm³/mol. The molecular formula is C18H18FN5O. The number of nitrogens with one attached hydrogen (secondary N) is 2. The van der Waals surface area contributed by atoms with Crippen LogP contribution in [-0.2, 0) is 6.54 Å². The molecule has 2 bridgehead atoms. The van der Waals surface area contributed by atoms with E-state index < -0.39 is 0 Å². The molecule has 0 radical (unpaired) electrons. The third-order valence-electron chi connectivity index (χ3n) is 4.11. The molecule has 128 valence electrons. The first-order valence-electron chi connectivity index (χ1n) is 8.06. The standard InChI is InChI=1S/C18H18FN5O/c1-11-8-20-12(2)15-10-22-24-6-5-17(23-18(15)24)21-9-13-7-14(19)3-4-16(13)25-11/h3-7,10-11,20H,2,8-9H2,1H3,(H,21,23)/t11-/m1/s1. The number of aromatic nitrogens is 3. The van der Waals surface area contributed by atoms with E-state index in [0.717, 1.165) is 16.8 Å². The summed E-state index contributed by atoms with van der Waals surface area (Å²) < 4.78 is 21.3.